The Kier molecular flexibility index (Phi) is 4.04. The van der Waals surface area contributed by atoms with Crippen LogP contribution >= 0.6 is 0 Å². The molecule has 1 aromatic heterocycles. The molecule has 1 aromatic rings. The second-order valence-electron chi connectivity index (χ2n) is 6.19. The molecule has 0 aliphatic carbocycles. The molecule has 2 heterocycles. The number of hydrogen-bond acceptors (Lipinski definition) is 4. The van der Waals surface area contributed by atoms with Crippen LogP contribution < -0.4 is 0 Å². The van der Waals surface area contributed by atoms with Crippen molar-refractivity contribution in [2.75, 3.05) is 13.1 Å². The summed E-state index contributed by atoms with van der Waals surface area (Å²) in [5.41, 5.74) is 0.443. The van der Waals surface area contributed by atoms with Crippen molar-refractivity contribution in [2.24, 2.45) is 0 Å². The Hall–Kier alpha value is -1.56. The number of nitrogens with zero attached hydrogens (tertiary/aromatic N) is 3. The molecule has 1 aliphatic rings. The maximum absolute atomic E-state index is 12.0. The number of hydrogen-bond donors (Lipinski definition) is 1. The van der Waals surface area contributed by atoms with Crippen molar-refractivity contribution in [3.05, 3.63) is 18.0 Å². The van der Waals surface area contributed by atoms with Crippen LogP contribution in [-0.2, 0) is 11.3 Å². The molecule has 1 saturated heterocycles. The minimum atomic E-state index is -0.572. The van der Waals surface area contributed by atoms with Crippen LogP contribution in [0.25, 0.3) is 0 Å². The van der Waals surface area contributed by atoms with Gasteiger partial charge in [-0.05, 0) is 33.3 Å². The fourth-order valence-electron chi connectivity index (χ4n) is 2.33. The molecule has 6 heteroatoms. The zero-order valence-electron chi connectivity index (χ0n) is 12.5. The van der Waals surface area contributed by atoms with E-state index in [1.165, 1.54) is 0 Å². The maximum Gasteiger partial charge on any atom is 0.410 e. The largest absolute Gasteiger partial charge is 0.444 e. The first-order valence-corrected chi connectivity index (χ1v) is 6.98. The predicted octanol–water partition coefficient (Wildman–Crippen LogP) is 1.60. The average molecular weight is 281 g/mol. The van der Waals surface area contributed by atoms with Gasteiger partial charge < -0.3 is 14.7 Å². The number of likely N-dealkylation sites (tertiary alicyclic amines) is 1. The molecule has 0 spiro atoms. The molecule has 1 aliphatic heterocycles. The number of carbonyl (C=O) groups excluding carboxylic acids is 1. The minimum Gasteiger partial charge on any atom is -0.444 e. The van der Waals surface area contributed by atoms with E-state index in [0.717, 1.165) is 12.1 Å². The molecule has 2 unspecified atom stereocenters. The van der Waals surface area contributed by atoms with Crippen molar-refractivity contribution in [1.82, 2.24) is 14.7 Å². The van der Waals surface area contributed by atoms with E-state index in [9.17, 15) is 9.90 Å². The Bertz CT molecular complexity index is 478. The maximum atomic E-state index is 12.0. The van der Waals surface area contributed by atoms with E-state index in [-0.39, 0.29) is 12.0 Å². The first kappa shape index (κ1) is 14.8. The first-order chi connectivity index (χ1) is 9.30. The van der Waals surface area contributed by atoms with Crippen molar-refractivity contribution in [2.45, 2.75) is 51.9 Å². The number of aryl methyl sites for hydroxylation is 1. The van der Waals surface area contributed by atoms with Crippen LogP contribution in [0.4, 0.5) is 4.79 Å². The Balaban J connectivity index is 2.03. The molecule has 112 valence electrons. The molecule has 2 atom stereocenters. The van der Waals surface area contributed by atoms with E-state index in [0.29, 0.717) is 13.1 Å². The summed E-state index contributed by atoms with van der Waals surface area (Å²) in [4.78, 5) is 13.6. The van der Waals surface area contributed by atoms with Gasteiger partial charge in [0.2, 0.25) is 0 Å². The molecular formula is C14H23N3O3. The van der Waals surface area contributed by atoms with Crippen molar-refractivity contribution < 1.29 is 14.6 Å². The lowest BCUT2D eigenvalue weighted by Crippen LogP contribution is -2.35. The number of aromatic nitrogens is 2. The van der Waals surface area contributed by atoms with Crippen molar-refractivity contribution in [1.29, 1.82) is 0 Å². The highest BCUT2D eigenvalue weighted by molar-refractivity contribution is 5.68. The van der Waals surface area contributed by atoms with Gasteiger partial charge in [0.25, 0.3) is 0 Å². The number of β-amino-alcohol motifs (C(OH)–C–C–N with tert-alkyl or cyclic N) is 1. The number of aliphatic hydroxyl groups is 1. The molecule has 2 rings (SSSR count). The highest BCUT2D eigenvalue weighted by Crippen LogP contribution is 2.28. The van der Waals surface area contributed by atoms with Crippen LogP contribution in [0.15, 0.2) is 12.4 Å². The Morgan fingerprint density at radius 3 is 2.75 bits per heavy atom. The summed E-state index contributed by atoms with van der Waals surface area (Å²) in [6.45, 7) is 9.07. The SMILES string of the molecule is CCn1cc(C2CN(C(=O)OC(C)(C)C)CC2O)cn1. The van der Waals surface area contributed by atoms with Gasteiger partial charge in [0, 0.05) is 25.2 Å². The fraction of sp³-hybridized carbons (Fsp3) is 0.714. The van der Waals surface area contributed by atoms with Gasteiger partial charge in [0.15, 0.2) is 0 Å². The number of ether oxygens (including phenoxy) is 1. The van der Waals surface area contributed by atoms with Crippen LogP contribution in [0.3, 0.4) is 0 Å². The number of amides is 1. The number of rotatable bonds is 2. The molecule has 0 saturated carbocycles. The average Bonchev–Trinajstić information content (AvgIpc) is 2.92. The predicted molar refractivity (Wildman–Crippen MR) is 74.5 cm³/mol. The lowest BCUT2D eigenvalue weighted by Gasteiger charge is -2.24. The molecule has 0 bridgehead atoms. The van der Waals surface area contributed by atoms with Gasteiger partial charge in [-0.15, -0.1) is 0 Å². The Morgan fingerprint density at radius 2 is 2.20 bits per heavy atom. The van der Waals surface area contributed by atoms with Crippen LogP contribution in [0.1, 0.15) is 39.2 Å². The minimum absolute atomic E-state index is 0.0946. The van der Waals surface area contributed by atoms with Gasteiger partial charge in [-0.2, -0.15) is 5.10 Å². The molecule has 1 N–H and O–H groups in total. The Labute approximate surface area is 119 Å². The van der Waals surface area contributed by atoms with E-state index >= 15 is 0 Å². The summed E-state index contributed by atoms with van der Waals surface area (Å²) >= 11 is 0. The van der Waals surface area contributed by atoms with Gasteiger partial charge in [-0.1, -0.05) is 0 Å². The lowest BCUT2D eigenvalue weighted by atomic mass is 10.00. The summed E-state index contributed by atoms with van der Waals surface area (Å²) < 4.78 is 7.15. The molecule has 20 heavy (non-hydrogen) atoms. The topological polar surface area (TPSA) is 67.6 Å². The second-order valence-corrected chi connectivity index (χ2v) is 6.19. The highest BCUT2D eigenvalue weighted by atomic mass is 16.6. The summed E-state index contributed by atoms with van der Waals surface area (Å²) in [7, 11) is 0. The van der Waals surface area contributed by atoms with Crippen LogP contribution in [0.5, 0.6) is 0 Å². The molecular weight excluding hydrogens is 258 g/mol. The molecule has 6 nitrogen and oxygen atoms in total. The standard InChI is InChI=1S/C14H23N3O3/c1-5-17-7-10(6-15-17)11-8-16(9-12(11)18)13(19)20-14(2,3)4/h6-7,11-12,18H,5,8-9H2,1-4H3. The van der Waals surface area contributed by atoms with E-state index < -0.39 is 11.7 Å². The van der Waals surface area contributed by atoms with E-state index in [1.807, 2.05) is 38.6 Å². The van der Waals surface area contributed by atoms with Crippen molar-refractivity contribution in [3.63, 3.8) is 0 Å². The molecule has 1 amide bonds. The third-order valence-corrected chi connectivity index (χ3v) is 3.35. The van der Waals surface area contributed by atoms with Gasteiger partial charge in [-0.3, -0.25) is 4.68 Å². The monoisotopic (exact) mass is 281 g/mol. The van der Waals surface area contributed by atoms with Crippen molar-refractivity contribution in [3.8, 4) is 0 Å². The zero-order chi connectivity index (χ0) is 14.9. The van der Waals surface area contributed by atoms with Gasteiger partial charge >= 0.3 is 6.09 Å². The first-order valence-electron chi connectivity index (χ1n) is 6.98. The van der Waals surface area contributed by atoms with Gasteiger partial charge in [0.1, 0.15) is 5.60 Å². The van der Waals surface area contributed by atoms with Crippen molar-refractivity contribution >= 4 is 6.09 Å². The normalized spacial score (nSPS) is 23.1. The molecule has 0 radical (unpaired) electrons. The van der Waals surface area contributed by atoms with E-state index in [2.05, 4.69) is 5.10 Å². The third-order valence-electron chi connectivity index (χ3n) is 3.35. The third kappa shape index (κ3) is 3.30. The number of carbonyl (C=O) groups is 1. The zero-order valence-corrected chi connectivity index (χ0v) is 12.5. The summed E-state index contributed by atoms with van der Waals surface area (Å²) in [6, 6.07) is 0. The second kappa shape index (κ2) is 5.44. The lowest BCUT2D eigenvalue weighted by molar-refractivity contribution is 0.0270. The fourth-order valence-corrected chi connectivity index (χ4v) is 2.33. The van der Waals surface area contributed by atoms with E-state index in [1.54, 1.807) is 11.1 Å². The number of aliphatic hydroxyl groups excluding tert-OH is 1. The van der Waals surface area contributed by atoms with E-state index in [4.69, 9.17) is 4.74 Å². The smallest absolute Gasteiger partial charge is 0.410 e. The Morgan fingerprint density at radius 1 is 1.50 bits per heavy atom. The quantitative estimate of drug-likeness (QED) is 0.894. The molecule has 0 aromatic carbocycles. The highest BCUT2D eigenvalue weighted by Gasteiger charge is 2.37. The summed E-state index contributed by atoms with van der Waals surface area (Å²) in [6.07, 6.45) is 2.74. The van der Waals surface area contributed by atoms with Crippen LogP contribution in [0.2, 0.25) is 0 Å². The summed E-state index contributed by atoms with van der Waals surface area (Å²) in [5.74, 6) is -0.0946. The van der Waals surface area contributed by atoms with Gasteiger partial charge in [-0.25, -0.2) is 4.79 Å². The summed E-state index contributed by atoms with van der Waals surface area (Å²) in [5, 5.41) is 14.4. The van der Waals surface area contributed by atoms with Gasteiger partial charge in [0.05, 0.1) is 18.8 Å². The molecule has 1 fully saturated rings. The van der Waals surface area contributed by atoms with Crippen LogP contribution in [-0.4, -0.2) is 50.7 Å². The van der Waals surface area contributed by atoms with Crippen LogP contribution in [0, 0.1) is 0 Å².